The van der Waals surface area contributed by atoms with Crippen LogP contribution >= 0.6 is 31.9 Å². The number of rotatable bonds is 4. The van der Waals surface area contributed by atoms with E-state index in [1.165, 1.54) is 0 Å². The molecule has 0 saturated carbocycles. The van der Waals surface area contributed by atoms with Crippen LogP contribution in [-0.2, 0) is 0 Å². The van der Waals surface area contributed by atoms with Gasteiger partial charge in [-0.25, -0.2) is 0 Å². The Bertz CT molecular complexity index is 502. The predicted octanol–water partition coefficient (Wildman–Crippen LogP) is 3.06. The highest BCUT2D eigenvalue weighted by Crippen LogP contribution is 2.44. The summed E-state index contributed by atoms with van der Waals surface area (Å²) in [5.74, 6) is 0.559. The molecular formula is C14H18Br2N2O2. The average Bonchev–Trinajstić information content (AvgIpc) is 2.49. The molecule has 20 heavy (non-hydrogen) atoms. The number of nitrogens with zero attached hydrogens (tertiary/aromatic N) is 1. The standard InChI is InChI=1S/C14H18Br2N2O2/c1-3-10(18-6-4-17-5-7-18)9-8-11(20-2)14(19)13(16)12(9)15/h3,8,10,17,19H,1,4-7H2,2H3/t10-/m0/s1. The Morgan fingerprint density at radius 2 is 2.05 bits per heavy atom. The largest absolute Gasteiger partial charge is 0.503 e. The van der Waals surface area contributed by atoms with E-state index in [9.17, 15) is 5.11 Å². The van der Waals surface area contributed by atoms with Crippen molar-refractivity contribution in [2.24, 2.45) is 0 Å². The molecule has 1 fully saturated rings. The second kappa shape index (κ2) is 6.93. The average molecular weight is 406 g/mol. The van der Waals surface area contributed by atoms with E-state index in [0.29, 0.717) is 10.2 Å². The van der Waals surface area contributed by atoms with Crippen molar-refractivity contribution in [1.29, 1.82) is 0 Å². The summed E-state index contributed by atoms with van der Waals surface area (Å²) in [6.45, 7) is 7.83. The Labute approximate surface area is 136 Å². The van der Waals surface area contributed by atoms with Crippen molar-refractivity contribution < 1.29 is 9.84 Å². The lowest BCUT2D eigenvalue weighted by atomic mass is 10.0. The van der Waals surface area contributed by atoms with Gasteiger partial charge < -0.3 is 15.2 Å². The summed E-state index contributed by atoms with van der Waals surface area (Å²) < 4.78 is 6.68. The van der Waals surface area contributed by atoms with Gasteiger partial charge in [0, 0.05) is 30.7 Å². The molecule has 1 aliphatic heterocycles. The van der Waals surface area contributed by atoms with Crippen LogP contribution < -0.4 is 10.1 Å². The summed E-state index contributed by atoms with van der Waals surface area (Å²) in [7, 11) is 1.55. The van der Waals surface area contributed by atoms with E-state index in [1.807, 2.05) is 12.1 Å². The van der Waals surface area contributed by atoms with Crippen LogP contribution in [-0.4, -0.2) is 43.3 Å². The summed E-state index contributed by atoms with van der Waals surface area (Å²) in [5.41, 5.74) is 1.03. The highest BCUT2D eigenvalue weighted by molar-refractivity contribution is 9.13. The van der Waals surface area contributed by atoms with Crippen LogP contribution in [0.5, 0.6) is 11.5 Å². The minimum absolute atomic E-state index is 0.0808. The summed E-state index contributed by atoms with van der Waals surface area (Å²) in [4.78, 5) is 2.35. The fraction of sp³-hybridized carbons (Fsp3) is 0.429. The van der Waals surface area contributed by atoms with Gasteiger partial charge in [-0.15, -0.1) is 6.58 Å². The van der Waals surface area contributed by atoms with Gasteiger partial charge in [0.05, 0.1) is 17.6 Å². The van der Waals surface area contributed by atoms with Crippen molar-refractivity contribution in [3.8, 4) is 11.5 Å². The maximum Gasteiger partial charge on any atom is 0.173 e. The molecule has 0 amide bonds. The van der Waals surface area contributed by atoms with Crippen molar-refractivity contribution in [3.05, 3.63) is 33.2 Å². The number of phenols is 1. The van der Waals surface area contributed by atoms with Crippen molar-refractivity contribution >= 4 is 31.9 Å². The number of nitrogens with one attached hydrogen (secondary N) is 1. The molecule has 1 heterocycles. The number of ether oxygens (including phenoxy) is 1. The van der Waals surface area contributed by atoms with Crippen LogP contribution in [0.2, 0.25) is 0 Å². The number of phenolic OH excluding ortho intramolecular Hbond substituents is 1. The molecule has 1 aromatic carbocycles. The van der Waals surface area contributed by atoms with Gasteiger partial charge in [0.2, 0.25) is 0 Å². The zero-order valence-corrected chi connectivity index (χ0v) is 14.5. The van der Waals surface area contributed by atoms with Gasteiger partial charge in [0.25, 0.3) is 0 Å². The van der Waals surface area contributed by atoms with Crippen LogP contribution in [0.15, 0.2) is 27.7 Å². The van der Waals surface area contributed by atoms with Crippen molar-refractivity contribution in [1.82, 2.24) is 10.2 Å². The maximum absolute atomic E-state index is 10.0. The number of hydrogen-bond donors (Lipinski definition) is 2. The Balaban J connectivity index is 2.43. The molecule has 0 unspecified atom stereocenters. The zero-order chi connectivity index (χ0) is 14.7. The van der Waals surface area contributed by atoms with E-state index >= 15 is 0 Å². The second-order valence-corrected chi connectivity index (χ2v) is 6.20. The monoisotopic (exact) mass is 404 g/mol. The molecule has 110 valence electrons. The number of piperazine rings is 1. The highest BCUT2D eigenvalue weighted by Gasteiger charge is 2.25. The molecule has 0 aromatic heterocycles. The van der Waals surface area contributed by atoms with Gasteiger partial charge in [0.1, 0.15) is 0 Å². The van der Waals surface area contributed by atoms with Crippen LogP contribution in [0.4, 0.5) is 0 Å². The Morgan fingerprint density at radius 3 is 2.60 bits per heavy atom. The van der Waals surface area contributed by atoms with Gasteiger partial charge in [-0.05, 0) is 43.5 Å². The summed E-state index contributed by atoms with van der Waals surface area (Å²) in [5, 5.41) is 13.4. The molecule has 1 atom stereocenters. The first-order valence-corrected chi connectivity index (χ1v) is 8.01. The maximum atomic E-state index is 10.0. The minimum atomic E-state index is 0.0808. The minimum Gasteiger partial charge on any atom is -0.503 e. The molecule has 0 aliphatic carbocycles. The Hall–Kier alpha value is -0.560. The first-order valence-electron chi connectivity index (χ1n) is 6.42. The quantitative estimate of drug-likeness (QED) is 0.755. The number of methoxy groups -OCH3 is 1. The van der Waals surface area contributed by atoms with Crippen molar-refractivity contribution in [2.75, 3.05) is 33.3 Å². The fourth-order valence-electron chi connectivity index (χ4n) is 2.42. The van der Waals surface area contributed by atoms with E-state index < -0.39 is 0 Å². The lowest BCUT2D eigenvalue weighted by Gasteiger charge is -2.34. The molecule has 0 radical (unpaired) electrons. The van der Waals surface area contributed by atoms with Crippen LogP contribution in [0.25, 0.3) is 0 Å². The van der Waals surface area contributed by atoms with E-state index in [2.05, 4.69) is 48.7 Å². The first-order chi connectivity index (χ1) is 9.60. The SMILES string of the molecule is C=C[C@@H](c1cc(OC)c(O)c(Br)c1Br)N1CCNCC1. The second-order valence-electron chi connectivity index (χ2n) is 4.61. The molecule has 4 nitrogen and oxygen atoms in total. The van der Waals surface area contributed by atoms with Gasteiger partial charge in [-0.3, -0.25) is 4.90 Å². The smallest absolute Gasteiger partial charge is 0.173 e. The Kier molecular flexibility index (Phi) is 5.49. The molecule has 1 saturated heterocycles. The van der Waals surface area contributed by atoms with E-state index in [1.54, 1.807) is 7.11 Å². The third kappa shape index (κ3) is 3.03. The van der Waals surface area contributed by atoms with Crippen molar-refractivity contribution in [3.63, 3.8) is 0 Å². The van der Waals surface area contributed by atoms with Crippen LogP contribution in [0.3, 0.4) is 0 Å². The molecule has 0 bridgehead atoms. The molecular weight excluding hydrogens is 388 g/mol. The van der Waals surface area contributed by atoms with Gasteiger partial charge >= 0.3 is 0 Å². The van der Waals surface area contributed by atoms with Gasteiger partial charge in [-0.2, -0.15) is 0 Å². The number of halogens is 2. The Morgan fingerprint density at radius 1 is 1.40 bits per heavy atom. The highest BCUT2D eigenvalue weighted by atomic mass is 79.9. The molecule has 6 heteroatoms. The zero-order valence-electron chi connectivity index (χ0n) is 11.3. The predicted molar refractivity (Wildman–Crippen MR) is 87.4 cm³/mol. The van der Waals surface area contributed by atoms with E-state index in [0.717, 1.165) is 36.2 Å². The molecule has 2 rings (SSSR count). The summed E-state index contributed by atoms with van der Waals surface area (Å²) >= 11 is 6.95. The normalized spacial score (nSPS) is 17.8. The third-order valence-electron chi connectivity index (χ3n) is 3.48. The van der Waals surface area contributed by atoms with Gasteiger partial charge in [-0.1, -0.05) is 6.08 Å². The summed E-state index contributed by atoms with van der Waals surface area (Å²) in [6.07, 6.45) is 1.92. The third-order valence-corrected chi connectivity index (χ3v) is 5.64. The first kappa shape index (κ1) is 15.8. The van der Waals surface area contributed by atoms with Crippen LogP contribution in [0.1, 0.15) is 11.6 Å². The lowest BCUT2D eigenvalue weighted by molar-refractivity contribution is 0.202. The molecule has 0 spiro atoms. The lowest BCUT2D eigenvalue weighted by Crippen LogP contribution is -2.44. The number of aromatic hydroxyl groups is 1. The van der Waals surface area contributed by atoms with Gasteiger partial charge in [0.15, 0.2) is 11.5 Å². The summed E-state index contributed by atoms with van der Waals surface area (Å²) in [6, 6.07) is 1.94. The molecule has 1 aliphatic rings. The van der Waals surface area contributed by atoms with E-state index in [4.69, 9.17) is 4.74 Å². The van der Waals surface area contributed by atoms with E-state index in [-0.39, 0.29) is 11.8 Å². The van der Waals surface area contributed by atoms with Crippen molar-refractivity contribution in [2.45, 2.75) is 6.04 Å². The number of benzene rings is 1. The molecule has 2 N–H and O–H groups in total. The topological polar surface area (TPSA) is 44.7 Å². The van der Waals surface area contributed by atoms with Crippen LogP contribution in [0, 0.1) is 0 Å². The number of hydrogen-bond acceptors (Lipinski definition) is 4. The molecule has 1 aromatic rings. The fourth-order valence-corrected chi connectivity index (χ4v) is 3.38.